The number of benzene rings is 2. The van der Waals surface area contributed by atoms with Gasteiger partial charge in [0.15, 0.2) is 0 Å². The van der Waals surface area contributed by atoms with Crippen LogP contribution in [0.25, 0.3) is 21.3 Å². The zero-order valence-corrected chi connectivity index (χ0v) is 17.2. The smallest absolute Gasteiger partial charge is 0.357 e. The fourth-order valence-electron chi connectivity index (χ4n) is 2.90. The van der Waals surface area contributed by atoms with Crippen LogP contribution in [0.1, 0.15) is 5.56 Å². The average Bonchev–Trinajstić information content (AvgIpc) is 3.10. The lowest BCUT2D eigenvalue weighted by Gasteiger charge is -2.10. The van der Waals surface area contributed by atoms with Crippen LogP contribution < -0.4 is 10.0 Å². The van der Waals surface area contributed by atoms with Crippen LogP contribution in [-0.2, 0) is 16.8 Å². The molecule has 2 aromatic heterocycles. The fourth-order valence-corrected chi connectivity index (χ4v) is 4.50. The Bertz CT molecular complexity index is 1260. The molecule has 3 N–H and O–H groups in total. The number of hydrogen-bond acceptors (Lipinski definition) is 6. The molecule has 0 saturated heterocycles. The first-order valence-electron chi connectivity index (χ1n) is 8.47. The molecular formula is C19H15ClN4O3S2. The molecule has 0 aliphatic rings. The van der Waals surface area contributed by atoms with Crippen LogP contribution in [0.4, 0.5) is 11.5 Å². The van der Waals surface area contributed by atoms with Gasteiger partial charge in [-0.1, -0.05) is 42.5 Å². The summed E-state index contributed by atoms with van der Waals surface area (Å²) in [6, 6.07) is 16.6. The number of nitrogens with zero attached hydrogens (tertiary/aromatic N) is 2. The van der Waals surface area contributed by atoms with Crippen LogP contribution in [0.5, 0.6) is 0 Å². The molecule has 148 valence electrons. The molecule has 0 unspecified atom stereocenters. The third-order valence-electron chi connectivity index (χ3n) is 4.15. The Labute approximate surface area is 176 Å². The normalized spacial score (nSPS) is 11.5. The summed E-state index contributed by atoms with van der Waals surface area (Å²) in [5, 5.41) is 6.39. The number of anilines is 2. The summed E-state index contributed by atoms with van der Waals surface area (Å²) >= 11 is 7.60. The van der Waals surface area contributed by atoms with Crippen molar-refractivity contribution < 1.29 is 13.0 Å². The van der Waals surface area contributed by atoms with Gasteiger partial charge in [0.2, 0.25) is 5.28 Å². The molecule has 0 aliphatic heterocycles. The topological polar surface area (TPSA) is 104 Å². The Morgan fingerprint density at radius 2 is 1.76 bits per heavy atom. The molecule has 2 heterocycles. The zero-order chi connectivity index (χ0) is 20.4. The molecule has 0 aliphatic carbocycles. The van der Waals surface area contributed by atoms with Crippen molar-refractivity contribution in [3.05, 3.63) is 70.8 Å². The Morgan fingerprint density at radius 3 is 2.45 bits per heavy atom. The van der Waals surface area contributed by atoms with Gasteiger partial charge >= 0.3 is 10.3 Å². The van der Waals surface area contributed by atoms with Gasteiger partial charge < -0.3 is 5.32 Å². The molecule has 29 heavy (non-hydrogen) atoms. The highest BCUT2D eigenvalue weighted by Crippen LogP contribution is 2.37. The van der Waals surface area contributed by atoms with E-state index in [2.05, 4.69) is 15.3 Å². The largest absolute Gasteiger partial charge is 0.365 e. The van der Waals surface area contributed by atoms with Crippen LogP contribution in [-0.4, -0.2) is 22.9 Å². The predicted molar refractivity (Wildman–Crippen MR) is 117 cm³/mol. The van der Waals surface area contributed by atoms with Gasteiger partial charge in [0.1, 0.15) is 10.6 Å². The van der Waals surface area contributed by atoms with E-state index >= 15 is 0 Å². The Kier molecular flexibility index (Phi) is 5.37. The Morgan fingerprint density at radius 1 is 1.03 bits per heavy atom. The van der Waals surface area contributed by atoms with Gasteiger partial charge in [-0.15, -0.1) is 11.3 Å². The van der Waals surface area contributed by atoms with E-state index in [-0.39, 0.29) is 11.0 Å². The molecule has 0 atom stereocenters. The highest BCUT2D eigenvalue weighted by molar-refractivity contribution is 7.87. The number of halogens is 1. The van der Waals surface area contributed by atoms with Crippen molar-refractivity contribution in [1.29, 1.82) is 0 Å². The minimum absolute atomic E-state index is 0.161. The van der Waals surface area contributed by atoms with Crippen LogP contribution in [0, 0.1) is 0 Å². The SMILES string of the molecule is O=S(=O)(O)Nc1ccc(CNc2nc(Cl)nc3scc(-c4ccccc4)c23)cc1. The van der Waals surface area contributed by atoms with Crippen molar-refractivity contribution in [3.63, 3.8) is 0 Å². The quantitative estimate of drug-likeness (QED) is 0.289. The summed E-state index contributed by atoms with van der Waals surface area (Å²) in [6.07, 6.45) is 0. The maximum absolute atomic E-state index is 10.9. The summed E-state index contributed by atoms with van der Waals surface area (Å²) in [5.74, 6) is 0.625. The van der Waals surface area contributed by atoms with Crippen molar-refractivity contribution in [1.82, 2.24) is 9.97 Å². The maximum atomic E-state index is 10.9. The third kappa shape index (κ3) is 4.65. The van der Waals surface area contributed by atoms with Gasteiger partial charge in [-0.3, -0.25) is 9.27 Å². The number of thiophene rings is 1. The second-order valence-corrected chi connectivity index (χ2v) is 8.51. The van der Waals surface area contributed by atoms with E-state index in [1.54, 1.807) is 24.3 Å². The van der Waals surface area contributed by atoms with Crippen molar-refractivity contribution in [3.8, 4) is 11.1 Å². The molecule has 4 aromatic rings. The summed E-state index contributed by atoms with van der Waals surface area (Å²) in [4.78, 5) is 9.48. The van der Waals surface area contributed by atoms with E-state index in [4.69, 9.17) is 16.2 Å². The van der Waals surface area contributed by atoms with Crippen molar-refractivity contribution >= 4 is 55.0 Å². The van der Waals surface area contributed by atoms with Crippen LogP contribution in [0.2, 0.25) is 5.28 Å². The van der Waals surface area contributed by atoms with Crippen LogP contribution in [0.15, 0.2) is 60.0 Å². The van der Waals surface area contributed by atoms with E-state index in [1.807, 2.05) is 40.4 Å². The predicted octanol–water partition coefficient (Wildman–Crippen LogP) is 4.84. The molecular weight excluding hydrogens is 432 g/mol. The second kappa shape index (κ2) is 7.96. The molecule has 0 bridgehead atoms. The molecule has 10 heteroatoms. The molecule has 0 saturated carbocycles. The Hall–Kier alpha value is -2.72. The average molecular weight is 447 g/mol. The van der Waals surface area contributed by atoms with E-state index in [1.165, 1.54) is 11.3 Å². The molecule has 4 rings (SSSR count). The minimum atomic E-state index is -4.30. The lowest BCUT2D eigenvalue weighted by atomic mass is 10.1. The number of nitrogens with one attached hydrogen (secondary N) is 2. The van der Waals surface area contributed by atoms with Crippen molar-refractivity contribution in [2.75, 3.05) is 10.0 Å². The molecule has 0 spiro atoms. The number of rotatable bonds is 6. The van der Waals surface area contributed by atoms with Crippen molar-refractivity contribution in [2.24, 2.45) is 0 Å². The summed E-state index contributed by atoms with van der Waals surface area (Å²) in [5.41, 5.74) is 3.25. The lowest BCUT2D eigenvalue weighted by Crippen LogP contribution is -2.10. The molecule has 2 aromatic carbocycles. The van der Waals surface area contributed by atoms with E-state index in [9.17, 15) is 8.42 Å². The van der Waals surface area contributed by atoms with E-state index in [0.717, 1.165) is 26.9 Å². The van der Waals surface area contributed by atoms with Gasteiger partial charge in [0, 0.05) is 17.5 Å². The zero-order valence-electron chi connectivity index (χ0n) is 14.8. The summed E-state index contributed by atoms with van der Waals surface area (Å²) in [6.45, 7) is 0.443. The molecule has 7 nitrogen and oxygen atoms in total. The fraction of sp³-hybridized carbons (Fsp3) is 0.0526. The van der Waals surface area contributed by atoms with Gasteiger partial charge in [0.25, 0.3) is 0 Å². The molecule has 0 fully saturated rings. The maximum Gasteiger partial charge on any atom is 0.357 e. The highest BCUT2D eigenvalue weighted by Gasteiger charge is 2.15. The second-order valence-electron chi connectivity index (χ2n) is 6.16. The molecule has 0 amide bonds. The number of fused-ring (bicyclic) bond motifs is 1. The first-order valence-corrected chi connectivity index (χ1v) is 11.2. The van der Waals surface area contributed by atoms with Crippen LogP contribution >= 0.6 is 22.9 Å². The minimum Gasteiger partial charge on any atom is -0.365 e. The van der Waals surface area contributed by atoms with Crippen molar-refractivity contribution in [2.45, 2.75) is 6.54 Å². The van der Waals surface area contributed by atoms with E-state index < -0.39 is 10.3 Å². The highest BCUT2D eigenvalue weighted by atomic mass is 35.5. The van der Waals surface area contributed by atoms with Gasteiger partial charge in [0.05, 0.1) is 11.1 Å². The van der Waals surface area contributed by atoms with Crippen LogP contribution in [0.3, 0.4) is 0 Å². The first kappa shape index (κ1) is 19.6. The van der Waals surface area contributed by atoms with Gasteiger partial charge in [-0.25, -0.2) is 9.97 Å². The first-order chi connectivity index (χ1) is 13.9. The number of hydrogen-bond donors (Lipinski definition) is 3. The Balaban J connectivity index is 1.62. The standard InChI is InChI=1S/C19H15ClN4O3S2/c20-19-22-17(21-10-12-6-8-14(9-7-12)24-29(25,26)27)16-15(11-28-18(16)23-19)13-4-2-1-3-5-13/h1-9,11,24H,10H2,(H,21,22,23)(H,25,26,27). The van der Waals surface area contributed by atoms with E-state index in [0.29, 0.717) is 12.4 Å². The summed E-state index contributed by atoms with van der Waals surface area (Å²) < 4.78 is 32.6. The van der Waals surface area contributed by atoms with Gasteiger partial charge in [-0.05, 0) is 34.9 Å². The third-order valence-corrected chi connectivity index (χ3v) is 5.69. The van der Waals surface area contributed by atoms with Gasteiger partial charge in [-0.2, -0.15) is 8.42 Å². The number of aromatic nitrogens is 2. The summed E-state index contributed by atoms with van der Waals surface area (Å²) in [7, 11) is -4.30. The lowest BCUT2D eigenvalue weighted by molar-refractivity contribution is 0.489. The monoisotopic (exact) mass is 446 g/mol. The molecule has 0 radical (unpaired) electrons.